The van der Waals surface area contributed by atoms with Gasteiger partial charge in [0.05, 0.1) is 17.8 Å². The van der Waals surface area contributed by atoms with E-state index in [0.717, 1.165) is 28.1 Å². The van der Waals surface area contributed by atoms with Crippen LogP contribution in [0.15, 0.2) is 54.9 Å². The van der Waals surface area contributed by atoms with Crippen molar-refractivity contribution in [3.05, 3.63) is 71.7 Å². The fraction of sp³-hybridized carbons (Fsp3) is 0.167. The summed E-state index contributed by atoms with van der Waals surface area (Å²) < 4.78 is 27.5. The SMILES string of the molecule is Cc1cccc(CS(=O)(=O)Nc2cccc(-c3nc[nH]c3C)c2)c1. The molecule has 6 heteroatoms. The van der Waals surface area contributed by atoms with Crippen molar-refractivity contribution in [2.75, 3.05) is 4.72 Å². The minimum absolute atomic E-state index is 0.0552. The van der Waals surface area contributed by atoms with Crippen molar-refractivity contribution in [2.24, 2.45) is 0 Å². The van der Waals surface area contributed by atoms with Gasteiger partial charge in [-0.05, 0) is 31.5 Å². The van der Waals surface area contributed by atoms with Gasteiger partial charge in [-0.3, -0.25) is 4.72 Å². The summed E-state index contributed by atoms with van der Waals surface area (Å²) >= 11 is 0. The highest BCUT2D eigenvalue weighted by Crippen LogP contribution is 2.24. The molecule has 5 nitrogen and oxygen atoms in total. The average molecular weight is 341 g/mol. The van der Waals surface area contributed by atoms with Crippen molar-refractivity contribution in [1.82, 2.24) is 9.97 Å². The Labute approximate surface area is 141 Å². The van der Waals surface area contributed by atoms with E-state index >= 15 is 0 Å². The molecule has 24 heavy (non-hydrogen) atoms. The second-order valence-electron chi connectivity index (χ2n) is 5.81. The molecular formula is C18H19N3O2S. The summed E-state index contributed by atoms with van der Waals surface area (Å²) in [6.07, 6.45) is 1.62. The highest BCUT2D eigenvalue weighted by atomic mass is 32.2. The van der Waals surface area contributed by atoms with Gasteiger partial charge in [-0.15, -0.1) is 0 Å². The van der Waals surface area contributed by atoms with E-state index in [1.54, 1.807) is 18.5 Å². The number of nitrogens with one attached hydrogen (secondary N) is 2. The van der Waals surface area contributed by atoms with E-state index in [1.165, 1.54) is 0 Å². The third kappa shape index (κ3) is 3.83. The zero-order valence-corrected chi connectivity index (χ0v) is 14.4. The van der Waals surface area contributed by atoms with Gasteiger partial charge < -0.3 is 4.98 Å². The van der Waals surface area contributed by atoms with E-state index in [1.807, 2.05) is 50.2 Å². The van der Waals surface area contributed by atoms with Crippen molar-refractivity contribution >= 4 is 15.7 Å². The molecule has 0 fully saturated rings. The maximum absolute atomic E-state index is 12.4. The molecule has 0 saturated carbocycles. The Morgan fingerprint density at radius 3 is 2.58 bits per heavy atom. The Bertz CT molecular complexity index is 962. The van der Waals surface area contributed by atoms with Crippen LogP contribution in [0.3, 0.4) is 0 Å². The van der Waals surface area contributed by atoms with Crippen LogP contribution in [-0.2, 0) is 15.8 Å². The number of anilines is 1. The second-order valence-corrected chi connectivity index (χ2v) is 7.53. The molecule has 0 amide bonds. The van der Waals surface area contributed by atoms with Crippen LogP contribution in [-0.4, -0.2) is 18.4 Å². The maximum atomic E-state index is 12.4. The molecule has 0 radical (unpaired) electrons. The third-order valence-corrected chi connectivity index (χ3v) is 4.94. The van der Waals surface area contributed by atoms with Crippen molar-refractivity contribution in [2.45, 2.75) is 19.6 Å². The number of sulfonamides is 1. The van der Waals surface area contributed by atoms with Crippen LogP contribution >= 0.6 is 0 Å². The largest absolute Gasteiger partial charge is 0.348 e. The normalized spacial score (nSPS) is 11.4. The fourth-order valence-electron chi connectivity index (χ4n) is 2.62. The Hall–Kier alpha value is -2.60. The number of aromatic nitrogens is 2. The quantitative estimate of drug-likeness (QED) is 0.744. The van der Waals surface area contributed by atoms with Crippen LogP contribution in [0.5, 0.6) is 0 Å². The predicted octanol–water partition coefficient (Wildman–Crippen LogP) is 3.64. The Morgan fingerprint density at radius 1 is 1.08 bits per heavy atom. The van der Waals surface area contributed by atoms with Gasteiger partial charge >= 0.3 is 0 Å². The molecule has 1 heterocycles. The number of aromatic amines is 1. The molecule has 0 aliphatic heterocycles. The lowest BCUT2D eigenvalue weighted by molar-refractivity contribution is 0.600. The molecule has 3 aromatic rings. The smallest absolute Gasteiger partial charge is 0.236 e. The molecule has 0 spiro atoms. The van der Waals surface area contributed by atoms with E-state index < -0.39 is 10.0 Å². The molecule has 0 aliphatic rings. The van der Waals surface area contributed by atoms with Gasteiger partial charge in [-0.25, -0.2) is 13.4 Å². The van der Waals surface area contributed by atoms with Crippen molar-refractivity contribution < 1.29 is 8.42 Å². The molecule has 0 unspecified atom stereocenters. The van der Waals surface area contributed by atoms with Crippen LogP contribution in [0.1, 0.15) is 16.8 Å². The number of H-pyrrole nitrogens is 1. The molecule has 2 N–H and O–H groups in total. The average Bonchev–Trinajstić information content (AvgIpc) is 2.92. The molecule has 0 saturated heterocycles. The molecule has 0 atom stereocenters. The predicted molar refractivity (Wildman–Crippen MR) is 96.2 cm³/mol. The van der Waals surface area contributed by atoms with Gasteiger partial charge in [0.25, 0.3) is 0 Å². The number of aryl methyl sites for hydroxylation is 2. The molecular weight excluding hydrogens is 322 g/mol. The number of benzene rings is 2. The molecule has 2 aromatic carbocycles. The first-order valence-corrected chi connectivity index (χ1v) is 9.25. The lowest BCUT2D eigenvalue weighted by Gasteiger charge is -2.10. The van der Waals surface area contributed by atoms with Gasteiger partial charge in [-0.1, -0.05) is 42.0 Å². The first kappa shape index (κ1) is 16.3. The van der Waals surface area contributed by atoms with E-state index in [4.69, 9.17) is 0 Å². The van der Waals surface area contributed by atoms with Gasteiger partial charge in [0.2, 0.25) is 10.0 Å². The monoisotopic (exact) mass is 341 g/mol. The Morgan fingerprint density at radius 2 is 1.88 bits per heavy atom. The summed E-state index contributed by atoms with van der Waals surface area (Å²) in [5, 5.41) is 0. The van der Waals surface area contributed by atoms with Gasteiger partial charge in [-0.2, -0.15) is 0 Å². The van der Waals surface area contributed by atoms with Gasteiger partial charge in [0.1, 0.15) is 0 Å². The van der Waals surface area contributed by atoms with Crippen molar-refractivity contribution in [3.8, 4) is 11.3 Å². The summed E-state index contributed by atoms with van der Waals surface area (Å²) in [5.74, 6) is -0.0552. The van der Waals surface area contributed by atoms with Crippen LogP contribution < -0.4 is 4.72 Å². The number of rotatable bonds is 5. The number of imidazole rings is 1. The summed E-state index contributed by atoms with van der Waals surface area (Å²) in [7, 11) is -3.48. The van der Waals surface area contributed by atoms with Crippen LogP contribution in [0.2, 0.25) is 0 Å². The molecule has 0 aliphatic carbocycles. The number of hydrogen-bond donors (Lipinski definition) is 2. The van der Waals surface area contributed by atoms with Crippen molar-refractivity contribution in [1.29, 1.82) is 0 Å². The maximum Gasteiger partial charge on any atom is 0.236 e. The minimum Gasteiger partial charge on any atom is -0.348 e. The van der Waals surface area contributed by atoms with Crippen LogP contribution in [0.25, 0.3) is 11.3 Å². The summed E-state index contributed by atoms with van der Waals surface area (Å²) in [6.45, 7) is 3.87. The lowest BCUT2D eigenvalue weighted by Crippen LogP contribution is -2.15. The van der Waals surface area contributed by atoms with Crippen LogP contribution in [0.4, 0.5) is 5.69 Å². The van der Waals surface area contributed by atoms with E-state index in [0.29, 0.717) is 5.69 Å². The highest BCUT2D eigenvalue weighted by molar-refractivity contribution is 7.91. The fourth-order valence-corrected chi connectivity index (χ4v) is 3.79. The zero-order chi connectivity index (χ0) is 17.2. The summed E-state index contributed by atoms with van der Waals surface area (Å²) in [5.41, 5.74) is 4.96. The van der Waals surface area contributed by atoms with Crippen LogP contribution in [0, 0.1) is 13.8 Å². The van der Waals surface area contributed by atoms with E-state index in [2.05, 4.69) is 14.7 Å². The Balaban J connectivity index is 1.81. The minimum atomic E-state index is -3.48. The first-order chi connectivity index (χ1) is 11.4. The standard InChI is InChI=1S/C18H19N3O2S/c1-13-5-3-6-15(9-13)11-24(22,23)21-17-8-4-7-16(10-17)18-14(2)19-12-20-18/h3-10,12,21H,11H2,1-2H3,(H,19,20). The molecule has 124 valence electrons. The number of nitrogens with zero attached hydrogens (tertiary/aromatic N) is 1. The van der Waals surface area contributed by atoms with E-state index in [-0.39, 0.29) is 5.75 Å². The third-order valence-electron chi connectivity index (χ3n) is 3.68. The number of hydrogen-bond acceptors (Lipinski definition) is 3. The van der Waals surface area contributed by atoms with E-state index in [9.17, 15) is 8.42 Å². The molecule has 3 rings (SSSR count). The highest BCUT2D eigenvalue weighted by Gasteiger charge is 2.13. The lowest BCUT2D eigenvalue weighted by atomic mass is 10.1. The second kappa shape index (κ2) is 6.49. The zero-order valence-electron chi connectivity index (χ0n) is 13.6. The van der Waals surface area contributed by atoms with Crippen molar-refractivity contribution in [3.63, 3.8) is 0 Å². The Kier molecular flexibility index (Phi) is 4.40. The van der Waals surface area contributed by atoms with Gasteiger partial charge in [0, 0.05) is 16.9 Å². The molecule has 1 aromatic heterocycles. The summed E-state index contributed by atoms with van der Waals surface area (Å²) in [4.78, 5) is 7.29. The van der Waals surface area contributed by atoms with Gasteiger partial charge in [0.15, 0.2) is 0 Å². The summed E-state index contributed by atoms with van der Waals surface area (Å²) in [6, 6.07) is 14.7. The first-order valence-electron chi connectivity index (χ1n) is 7.59. The topological polar surface area (TPSA) is 74.8 Å². The molecule has 0 bridgehead atoms.